The van der Waals surface area contributed by atoms with Crippen molar-refractivity contribution in [3.63, 3.8) is 0 Å². The van der Waals surface area contributed by atoms with Crippen molar-refractivity contribution < 1.29 is 9.53 Å². The van der Waals surface area contributed by atoms with Gasteiger partial charge in [0.05, 0.1) is 19.3 Å². The Labute approximate surface area is 162 Å². The molecule has 0 aliphatic carbocycles. The fourth-order valence-corrected chi connectivity index (χ4v) is 3.87. The van der Waals surface area contributed by atoms with Crippen molar-refractivity contribution in [2.45, 2.75) is 26.4 Å². The van der Waals surface area contributed by atoms with E-state index < -0.39 is 0 Å². The fourth-order valence-electron chi connectivity index (χ4n) is 3.18. The van der Waals surface area contributed by atoms with E-state index in [1.165, 1.54) is 0 Å². The first-order chi connectivity index (χ1) is 13.2. The van der Waals surface area contributed by atoms with Crippen LogP contribution in [0.5, 0.6) is 0 Å². The molecule has 1 aromatic carbocycles. The molecule has 27 heavy (non-hydrogen) atoms. The van der Waals surface area contributed by atoms with Crippen LogP contribution in [0, 0.1) is 12.8 Å². The van der Waals surface area contributed by atoms with Crippen molar-refractivity contribution >= 4 is 22.9 Å². The lowest BCUT2D eigenvalue weighted by atomic mass is 10.1. The average Bonchev–Trinajstić information content (AvgIpc) is 3.44. The number of carbonyl (C=O) groups excluding carboxylic acids is 1. The van der Waals surface area contributed by atoms with Gasteiger partial charge in [0, 0.05) is 29.6 Å². The van der Waals surface area contributed by atoms with Gasteiger partial charge in [-0.2, -0.15) is 0 Å². The van der Waals surface area contributed by atoms with Gasteiger partial charge in [0.2, 0.25) is 0 Å². The molecule has 3 aromatic rings. The van der Waals surface area contributed by atoms with E-state index in [1.807, 2.05) is 48.7 Å². The molecular formula is C20H22N4O2S. The number of hydrogen-bond acceptors (Lipinski definition) is 5. The van der Waals surface area contributed by atoms with E-state index in [0.717, 1.165) is 42.3 Å². The van der Waals surface area contributed by atoms with Crippen molar-refractivity contribution in [1.82, 2.24) is 15.0 Å². The number of nitrogens with zero attached hydrogens (tertiary/aromatic N) is 4. The Hall–Kier alpha value is -2.51. The molecule has 1 aliphatic heterocycles. The van der Waals surface area contributed by atoms with Gasteiger partial charge >= 0.3 is 0 Å². The molecule has 140 valence electrons. The summed E-state index contributed by atoms with van der Waals surface area (Å²) >= 11 is 1.64. The number of rotatable bonds is 6. The van der Waals surface area contributed by atoms with E-state index in [2.05, 4.69) is 10.3 Å². The second kappa shape index (κ2) is 8.02. The molecule has 0 saturated carbocycles. The van der Waals surface area contributed by atoms with Gasteiger partial charge in [-0.1, -0.05) is 29.0 Å². The summed E-state index contributed by atoms with van der Waals surface area (Å²) in [7, 11) is 0. The minimum absolute atomic E-state index is 0.138. The van der Waals surface area contributed by atoms with Crippen molar-refractivity contribution in [1.29, 1.82) is 0 Å². The second-order valence-electron chi connectivity index (χ2n) is 6.86. The second-order valence-corrected chi connectivity index (χ2v) is 7.89. The number of amides is 1. The van der Waals surface area contributed by atoms with Crippen LogP contribution >= 0.6 is 11.3 Å². The third-order valence-corrected chi connectivity index (χ3v) is 5.57. The van der Waals surface area contributed by atoms with Gasteiger partial charge in [-0.05, 0) is 36.9 Å². The number of hydrogen-bond donors (Lipinski definition) is 0. The third-order valence-electron chi connectivity index (χ3n) is 4.71. The molecule has 1 unspecified atom stereocenters. The highest BCUT2D eigenvalue weighted by Gasteiger charge is 2.23. The average molecular weight is 382 g/mol. The van der Waals surface area contributed by atoms with Crippen LogP contribution in [0.4, 0.5) is 5.69 Å². The topological polar surface area (TPSA) is 60.2 Å². The normalized spacial score (nSPS) is 16.6. The Morgan fingerprint density at radius 2 is 2.19 bits per heavy atom. The molecule has 0 spiro atoms. The highest BCUT2D eigenvalue weighted by atomic mass is 32.1. The van der Waals surface area contributed by atoms with Gasteiger partial charge < -0.3 is 9.64 Å². The summed E-state index contributed by atoms with van der Waals surface area (Å²) in [6.45, 7) is 4.83. The molecule has 1 fully saturated rings. The molecular weight excluding hydrogens is 360 g/mol. The number of aromatic nitrogens is 3. The van der Waals surface area contributed by atoms with E-state index in [1.54, 1.807) is 27.1 Å². The van der Waals surface area contributed by atoms with E-state index >= 15 is 0 Å². The Balaban J connectivity index is 1.56. The highest BCUT2D eigenvalue weighted by Crippen LogP contribution is 2.22. The number of ether oxygens (including phenoxy) is 1. The zero-order chi connectivity index (χ0) is 18.6. The molecule has 3 heterocycles. The first-order valence-corrected chi connectivity index (χ1v) is 9.96. The predicted molar refractivity (Wildman–Crippen MR) is 105 cm³/mol. The first-order valence-electron chi connectivity index (χ1n) is 9.08. The summed E-state index contributed by atoms with van der Waals surface area (Å²) in [6, 6.07) is 12.0. The Morgan fingerprint density at radius 1 is 1.33 bits per heavy atom. The van der Waals surface area contributed by atoms with E-state index in [9.17, 15) is 4.79 Å². The zero-order valence-corrected chi connectivity index (χ0v) is 16.1. The lowest BCUT2D eigenvalue weighted by Crippen LogP contribution is -2.30. The smallest absolute Gasteiger partial charge is 0.280 e. The number of thiophene rings is 1. The van der Waals surface area contributed by atoms with Crippen LogP contribution in [0.25, 0.3) is 0 Å². The summed E-state index contributed by atoms with van der Waals surface area (Å²) in [6.07, 6.45) is 2.77. The van der Waals surface area contributed by atoms with Gasteiger partial charge in [0.25, 0.3) is 5.91 Å². The van der Waals surface area contributed by atoms with E-state index in [0.29, 0.717) is 18.2 Å². The van der Waals surface area contributed by atoms with Gasteiger partial charge in [0.1, 0.15) is 0 Å². The molecule has 1 saturated heterocycles. The maximum absolute atomic E-state index is 13.2. The summed E-state index contributed by atoms with van der Waals surface area (Å²) in [5, 5.41) is 10.3. The minimum Gasteiger partial charge on any atom is -0.381 e. The molecule has 1 aliphatic rings. The number of anilines is 1. The molecule has 6 nitrogen and oxygen atoms in total. The van der Waals surface area contributed by atoms with Crippen molar-refractivity contribution in [3.05, 3.63) is 64.1 Å². The molecule has 1 atom stereocenters. The SMILES string of the molecule is Cc1ccc(N(Cc2cccs2)C(=O)c2cn(CC3CCOC3)nn2)cc1. The summed E-state index contributed by atoms with van der Waals surface area (Å²) < 4.78 is 7.17. The monoisotopic (exact) mass is 382 g/mol. The number of aryl methyl sites for hydroxylation is 1. The molecule has 0 bridgehead atoms. The lowest BCUT2D eigenvalue weighted by Gasteiger charge is -2.21. The van der Waals surface area contributed by atoms with Crippen LogP contribution in [0.3, 0.4) is 0 Å². The fraction of sp³-hybridized carbons (Fsp3) is 0.350. The Kier molecular flexibility index (Phi) is 5.31. The summed E-state index contributed by atoms with van der Waals surface area (Å²) in [5.41, 5.74) is 2.38. The van der Waals surface area contributed by atoms with Gasteiger partial charge in [-0.25, -0.2) is 0 Å². The van der Waals surface area contributed by atoms with E-state index in [4.69, 9.17) is 4.74 Å². The van der Waals surface area contributed by atoms with Crippen LogP contribution in [-0.4, -0.2) is 34.1 Å². The maximum atomic E-state index is 13.2. The molecule has 4 rings (SSSR count). The van der Waals surface area contributed by atoms with Crippen molar-refractivity contribution in [3.8, 4) is 0 Å². The summed E-state index contributed by atoms with van der Waals surface area (Å²) in [5.74, 6) is 0.301. The van der Waals surface area contributed by atoms with Crippen molar-refractivity contribution in [2.24, 2.45) is 5.92 Å². The van der Waals surface area contributed by atoms with Crippen LogP contribution in [-0.2, 0) is 17.8 Å². The first kappa shape index (κ1) is 17.9. The number of carbonyl (C=O) groups is 1. The largest absolute Gasteiger partial charge is 0.381 e. The van der Waals surface area contributed by atoms with Crippen LogP contribution < -0.4 is 4.90 Å². The minimum atomic E-state index is -0.138. The number of benzene rings is 1. The molecule has 0 N–H and O–H groups in total. The van der Waals surface area contributed by atoms with E-state index in [-0.39, 0.29) is 5.91 Å². The lowest BCUT2D eigenvalue weighted by molar-refractivity contribution is 0.0980. The molecule has 1 amide bonds. The van der Waals surface area contributed by atoms with Gasteiger partial charge in [0.15, 0.2) is 5.69 Å². The van der Waals surface area contributed by atoms with Crippen LogP contribution in [0.1, 0.15) is 27.3 Å². The summed E-state index contributed by atoms with van der Waals surface area (Å²) in [4.78, 5) is 16.1. The molecule has 7 heteroatoms. The quantitative estimate of drug-likeness (QED) is 0.654. The highest BCUT2D eigenvalue weighted by molar-refractivity contribution is 7.09. The van der Waals surface area contributed by atoms with Crippen LogP contribution in [0.2, 0.25) is 0 Å². The Bertz CT molecular complexity index is 883. The van der Waals surface area contributed by atoms with Gasteiger partial charge in [-0.3, -0.25) is 9.48 Å². The molecule has 0 radical (unpaired) electrons. The van der Waals surface area contributed by atoms with Crippen LogP contribution in [0.15, 0.2) is 48.0 Å². The third kappa shape index (κ3) is 4.26. The zero-order valence-electron chi connectivity index (χ0n) is 15.2. The maximum Gasteiger partial charge on any atom is 0.280 e. The van der Waals surface area contributed by atoms with Gasteiger partial charge in [-0.15, -0.1) is 16.4 Å². The standard InChI is InChI=1S/C20H22N4O2S/c1-15-4-6-17(7-5-15)24(12-18-3-2-10-27-18)20(25)19-13-23(22-21-19)11-16-8-9-26-14-16/h2-7,10,13,16H,8-9,11-12,14H2,1H3. The predicted octanol–water partition coefficient (Wildman–Crippen LogP) is 3.53. The Morgan fingerprint density at radius 3 is 2.89 bits per heavy atom. The molecule has 2 aromatic heterocycles. The van der Waals surface area contributed by atoms with Crippen molar-refractivity contribution in [2.75, 3.05) is 18.1 Å².